The molecule has 1 heterocycles. The van der Waals surface area contributed by atoms with E-state index in [4.69, 9.17) is 22.5 Å². The molecule has 27 heavy (non-hydrogen) atoms. The van der Waals surface area contributed by atoms with E-state index in [0.717, 1.165) is 42.5 Å². The van der Waals surface area contributed by atoms with Crippen LogP contribution < -0.4 is 15.8 Å². The number of halogens is 1. The van der Waals surface area contributed by atoms with Gasteiger partial charge in [0.25, 0.3) is 0 Å². The number of nitrogens with two attached hydrogens (primary N) is 2. The third-order valence-electron chi connectivity index (χ3n) is 4.47. The predicted octanol–water partition coefficient (Wildman–Crippen LogP) is 1.62. The summed E-state index contributed by atoms with van der Waals surface area (Å²) in [6.45, 7) is 3.64. The van der Waals surface area contributed by atoms with Gasteiger partial charge in [0.1, 0.15) is 0 Å². The van der Waals surface area contributed by atoms with Crippen LogP contribution in [0, 0.1) is 0 Å². The molecule has 0 spiro atoms. The minimum atomic E-state index is -3.68. The quantitative estimate of drug-likeness (QED) is 0.592. The number of guanidine groups is 1. The average Bonchev–Trinajstić information content (AvgIpc) is 2.66. The Morgan fingerprint density at radius 3 is 2.15 bits per heavy atom. The Morgan fingerprint density at radius 1 is 1.00 bits per heavy atom. The monoisotopic (exact) mass is 407 g/mol. The molecule has 1 aliphatic heterocycles. The third-order valence-corrected chi connectivity index (χ3v) is 5.65. The molecule has 0 saturated carbocycles. The predicted molar refractivity (Wildman–Crippen MR) is 108 cm³/mol. The first-order valence-electron chi connectivity index (χ1n) is 8.50. The first-order valence-corrected chi connectivity index (χ1v) is 10.4. The molecule has 1 aliphatic rings. The van der Waals surface area contributed by atoms with Gasteiger partial charge in [0.05, 0.1) is 11.4 Å². The van der Waals surface area contributed by atoms with Gasteiger partial charge in [0.2, 0.25) is 10.0 Å². The standard InChI is InChI=1S/C18H22ClN5O2S/c19-15-3-5-16(6-4-15)23-9-11-24(12-10-23)18(20)22-13-14-1-7-17(8-2-14)27(21,25)26/h1-8H,9-13H2,(H2,20,22)(H2,21,25,26). The number of hydrogen-bond donors (Lipinski definition) is 2. The zero-order valence-corrected chi connectivity index (χ0v) is 16.3. The van der Waals surface area contributed by atoms with E-state index < -0.39 is 10.0 Å². The van der Waals surface area contributed by atoms with Crippen molar-refractivity contribution >= 4 is 33.3 Å². The van der Waals surface area contributed by atoms with Crippen LogP contribution >= 0.6 is 11.6 Å². The molecule has 1 saturated heterocycles. The minimum absolute atomic E-state index is 0.0847. The van der Waals surface area contributed by atoms with Crippen LogP contribution in [-0.4, -0.2) is 45.5 Å². The molecule has 7 nitrogen and oxygen atoms in total. The number of hydrogen-bond acceptors (Lipinski definition) is 4. The van der Waals surface area contributed by atoms with Crippen LogP contribution in [0.15, 0.2) is 58.4 Å². The molecule has 9 heteroatoms. The van der Waals surface area contributed by atoms with Crippen LogP contribution in [0.3, 0.4) is 0 Å². The fourth-order valence-corrected chi connectivity index (χ4v) is 3.54. The van der Waals surface area contributed by atoms with Gasteiger partial charge in [0.15, 0.2) is 5.96 Å². The lowest BCUT2D eigenvalue weighted by Gasteiger charge is -2.36. The number of piperazine rings is 1. The number of benzene rings is 2. The smallest absolute Gasteiger partial charge is 0.238 e. The molecule has 0 bridgehead atoms. The summed E-state index contributed by atoms with van der Waals surface area (Å²) in [5.74, 6) is 0.487. The van der Waals surface area contributed by atoms with Gasteiger partial charge in [0, 0.05) is 36.9 Å². The van der Waals surface area contributed by atoms with Crippen LogP contribution in [0.4, 0.5) is 5.69 Å². The Labute approximate surface area is 164 Å². The highest BCUT2D eigenvalue weighted by atomic mass is 35.5. The van der Waals surface area contributed by atoms with E-state index in [9.17, 15) is 8.42 Å². The zero-order chi connectivity index (χ0) is 19.4. The van der Waals surface area contributed by atoms with Crippen molar-refractivity contribution < 1.29 is 8.42 Å². The van der Waals surface area contributed by atoms with Gasteiger partial charge in [-0.1, -0.05) is 23.7 Å². The Kier molecular flexibility index (Phi) is 5.88. The summed E-state index contributed by atoms with van der Waals surface area (Å²) >= 11 is 5.94. The molecule has 144 valence electrons. The Balaban J connectivity index is 1.55. The van der Waals surface area contributed by atoms with E-state index in [1.165, 1.54) is 12.1 Å². The van der Waals surface area contributed by atoms with Gasteiger partial charge in [-0.2, -0.15) is 0 Å². The first-order chi connectivity index (χ1) is 12.8. The summed E-state index contributed by atoms with van der Waals surface area (Å²) in [6, 6.07) is 14.1. The second-order valence-electron chi connectivity index (χ2n) is 6.31. The van der Waals surface area contributed by atoms with Gasteiger partial charge < -0.3 is 15.5 Å². The van der Waals surface area contributed by atoms with Gasteiger partial charge >= 0.3 is 0 Å². The summed E-state index contributed by atoms with van der Waals surface area (Å²) in [5.41, 5.74) is 8.13. The van der Waals surface area contributed by atoms with Crippen molar-refractivity contribution in [1.29, 1.82) is 0 Å². The van der Waals surface area contributed by atoms with E-state index in [0.29, 0.717) is 12.5 Å². The number of aliphatic imine (C=N–C) groups is 1. The topological polar surface area (TPSA) is 105 Å². The Hall–Kier alpha value is -2.29. The second-order valence-corrected chi connectivity index (χ2v) is 8.31. The summed E-state index contributed by atoms with van der Waals surface area (Å²) in [5, 5.41) is 5.82. The molecule has 4 N–H and O–H groups in total. The fraction of sp³-hybridized carbons (Fsp3) is 0.278. The van der Waals surface area contributed by atoms with Crippen molar-refractivity contribution in [2.75, 3.05) is 31.1 Å². The maximum atomic E-state index is 11.3. The largest absolute Gasteiger partial charge is 0.370 e. The zero-order valence-electron chi connectivity index (χ0n) is 14.8. The highest BCUT2D eigenvalue weighted by Crippen LogP contribution is 2.19. The van der Waals surface area contributed by atoms with Crippen molar-refractivity contribution in [1.82, 2.24) is 4.90 Å². The van der Waals surface area contributed by atoms with Gasteiger partial charge in [-0.05, 0) is 42.0 Å². The number of rotatable bonds is 4. The van der Waals surface area contributed by atoms with Crippen molar-refractivity contribution in [2.45, 2.75) is 11.4 Å². The number of primary sulfonamides is 1. The Bertz CT molecular complexity index is 906. The first kappa shape index (κ1) is 19.5. The SMILES string of the molecule is NC(=NCc1ccc(S(N)(=O)=O)cc1)N1CCN(c2ccc(Cl)cc2)CC1. The van der Waals surface area contributed by atoms with E-state index in [2.05, 4.69) is 9.89 Å². The number of nitrogens with zero attached hydrogens (tertiary/aromatic N) is 3. The van der Waals surface area contributed by atoms with Crippen molar-refractivity contribution in [3.63, 3.8) is 0 Å². The lowest BCUT2D eigenvalue weighted by molar-refractivity contribution is 0.380. The second kappa shape index (κ2) is 8.16. The van der Waals surface area contributed by atoms with Crippen LogP contribution in [0.2, 0.25) is 5.02 Å². The molecular weight excluding hydrogens is 386 g/mol. The highest BCUT2D eigenvalue weighted by molar-refractivity contribution is 7.89. The number of sulfonamides is 1. The molecular formula is C18H22ClN5O2S. The summed E-state index contributed by atoms with van der Waals surface area (Å²) in [6.07, 6.45) is 0. The molecule has 1 fully saturated rings. The minimum Gasteiger partial charge on any atom is -0.370 e. The van der Waals surface area contributed by atoms with Gasteiger partial charge in [-0.15, -0.1) is 0 Å². The van der Waals surface area contributed by atoms with E-state index in [-0.39, 0.29) is 4.90 Å². The lowest BCUT2D eigenvalue weighted by atomic mass is 10.2. The highest BCUT2D eigenvalue weighted by Gasteiger charge is 2.18. The van der Waals surface area contributed by atoms with Gasteiger partial charge in [-0.3, -0.25) is 0 Å². The lowest BCUT2D eigenvalue weighted by Crippen LogP contribution is -2.51. The van der Waals surface area contributed by atoms with Crippen molar-refractivity contribution in [3.05, 3.63) is 59.1 Å². The van der Waals surface area contributed by atoms with Crippen LogP contribution in [0.5, 0.6) is 0 Å². The molecule has 3 rings (SSSR count). The van der Waals surface area contributed by atoms with E-state index in [1.54, 1.807) is 12.1 Å². The van der Waals surface area contributed by atoms with E-state index >= 15 is 0 Å². The van der Waals surface area contributed by atoms with E-state index in [1.807, 2.05) is 29.2 Å². The van der Waals surface area contributed by atoms with Crippen LogP contribution in [0.1, 0.15) is 5.56 Å². The molecule has 2 aromatic carbocycles. The Morgan fingerprint density at radius 2 is 1.59 bits per heavy atom. The molecule has 0 aliphatic carbocycles. The third kappa shape index (κ3) is 5.12. The molecule has 0 aromatic heterocycles. The average molecular weight is 408 g/mol. The summed E-state index contributed by atoms with van der Waals surface area (Å²) in [4.78, 5) is 8.84. The molecule has 0 unspecified atom stereocenters. The van der Waals surface area contributed by atoms with Gasteiger partial charge in [-0.25, -0.2) is 18.5 Å². The molecule has 0 radical (unpaired) electrons. The summed E-state index contributed by atoms with van der Waals surface area (Å²) in [7, 11) is -3.68. The molecule has 2 aromatic rings. The molecule has 0 amide bonds. The maximum absolute atomic E-state index is 11.3. The number of anilines is 1. The maximum Gasteiger partial charge on any atom is 0.238 e. The molecule has 0 atom stereocenters. The fourth-order valence-electron chi connectivity index (χ4n) is 2.90. The van der Waals surface area contributed by atoms with Crippen molar-refractivity contribution in [3.8, 4) is 0 Å². The summed E-state index contributed by atoms with van der Waals surface area (Å²) < 4.78 is 22.6. The normalized spacial score (nSPS) is 15.9. The van der Waals surface area contributed by atoms with Crippen LogP contribution in [-0.2, 0) is 16.6 Å². The van der Waals surface area contributed by atoms with Crippen LogP contribution in [0.25, 0.3) is 0 Å². The van der Waals surface area contributed by atoms with Crippen molar-refractivity contribution in [2.24, 2.45) is 15.9 Å².